The number of esters is 2. The minimum absolute atomic E-state index is 0.0235. The molecule has 4 aliphatic carbocycles. The molecule has 1 aromatic rings. The summed E-state index contributed by atoms with van der Waals surface area (Å²) < 4.78 is 23.1. The van der Waals surface area contributed by atoms with Crippen LogP contribution in [0.4, 0.5) is 0 Å². The fourth-order valence-electron chi connectivity index (χ4n) is 8.64. The van der Waals surface area contributed by atoms with Gasteiger partial charge in [-0.15, -0.1) is 0 Å². The molecule has 0 radical (unpaired) electrons. The third-order valence-corrected chi connectivity index (χ3v) is 10.2. The molecule has 1 aromatic carbocycles. The summed E-state index contributed by atoms with van der Waals surface area (Å²) in [6.07, 6.45) is 14.2. The lowest BCUT2D eigenvalue weighted by molar-refractivity contribution is -0.166. The zero-order chi connectivity index (χ0) is 24.0. The smallest absolute Gasteiger partial charge is 0.338 e. The predicted octanol–water partition coefficient (Wildman–Crippen LogP) is 4.60. The van der Waals surface area contributed by atoms with Crippen molar-refractivity contribution in [3.05, 3.63) is 66.0 Å². The first kappa shape index (κ1) is 21.3. The Labute approximate surface area is 204 Å². The maximum atomic E-state index is 13.5. The Hall–Kier alpha value is -3.02. The molecule has 7 rings (SSSR count). The molecule has 6 aliphatic rings. The number of rotatable bonds is 4. The van der Waals surface area contributed by atoms with Crippen LogP contribution in [0.2, 0.25) is 0 Å². The second-order valence-corrected chi connectivity index (χ2v) is 11.2. The van der Waals surface area contributed by atoms with Crippen LogP contribution in [0.15, 0.2) is 60.4 Å². The van der Waals surface area contributed by atoms with Gasteiger partial charge in [0, 0.05) is 16.7 Å². The van der Waals surface area contributed by atoms with Gasteiger partial charge in [-0.25, -0.2) is 4.79 Å². The highest BCUT2D eigenvalue weighted by Gasteiger charge is 2.81. The molecule has 2 heterocycles. The molecule has 6 heteroatoms. The van der Waals surface area contributed by atoms with E-state index in [-0.39, 0.29) is 46.6 Å². The van der Waals surface area contributed by atoms with Gasteiger partial charge in [0.15, 0.2) is 0 Å². The first-order chi connectivity index (χ1) is 16.9. The van der Waals surface area contributed by atoms with E-state index in [0.717, 1.165) is 43.4 Å². The van der Waals surface area contributed by atoms with E-state index in [2.05, 4.69) is 31.2 Å². The lowest BCUT2D eigenvalue weighted by Crippen LogP contribution is -2.48. The van der Waals surface area contributed by atoms with Crippen LogP contribution in [0.1, 0.15) is 44.6 Å². The summed E-state index contributed by atoms with van der Waals surface area (Å²) in [4.78, 5) is 26.0. The number of cyclic esters (lactones) is 1. The molecule has 35 heavy (non-hydrogen) atoms. The monoisotopic (exact) mass is 474 g/mol. The SMILES string of the molecule is COc1ccc([C@]23C=C[C@@]4(CCCC[C@]24C)[C@H]2C(=O)O[C@H](O/C=C4/C(=O)O[C@H]5C=CC[C@@H]45)[C@H]23)cc1. The normalized spacial score (nSPS) is 45.3. The Morgan fingerprint density at radius 3 is 2.66 bits per heavy atom. The van der Waals surface area contributed by atoms with E-state index in [9.17, 15) is 9.59 Å². The van der Waals surface area contributed by atoms with E-state index >= 15 is 0 Å². The van der Waals surface area contributed by atoms with Gasteiger partial charge in [0.2, 0.25) is 6.29 Å². The Morgan fingerprint density at radius 1 is 1.06 bits per heavy atom. The van der Waals surface area contributed by atoms with Gasteiger partial charge < -0.3 is 18.9 Å². The van der Waals surface area contributed by atoms with Gasteiger partial charge in [0.25, 0.3) is 0 Å². The van der Waals surface area contributed by atoms with Crippen LogP contribution in [0.3, 0.4) is 0 Å². The molecular formula is C29H30O6. The number of hydrogen-bond acceptors (Lipinski definition) is 6. The first-order valence-corrected chi connectivity index (χ1v) is 12.7. The lowest BCUT2D eigenvalue weighted by atomic mass is 9.52. The van der Waals surface area contributed by atoms with E-state index in [1.54, 1.807) is 7.11 Å². The van der Waals surface area contributed by atoms with Crippen LogP contribution >= 0.6 is 0 Å². The van der Waals surface area contributed by atoms with E-state index in [4.69, 9.17) is 18.9 Å². The van der Waals surface area contributed by atoms with E-state index < -0.39 is 11.7 Å². The number of allylic oxidation sites excluding steroid dienone is 3. The van der Waals surface area contributed by atoms with Crippen LogP contribution < -0.4 is 4.74 Å². The third-order valence-electron chi connectivity index (χ3n) is 10.2. The van der Waals surface area contributed by atoms with Crippen LogP contribution in [-0.4, -0.2) is 31.4 Å². The van der Waals surface area contributed by atoms with Crippen molar-refractivity contribution in [2.24, 2.45) is 28.6 Å². The molecule has 182 valence electrons. The fourth-order valence-corrected chi connectivity index (χ4v) is 8.64. The van der Waals surface area contributed by atoms with E-state index in [1.165, 1.54) is 6.26 Å². The second-order valence-electron chi connectivity index (χ2n) is 11.2. The molecule has 2 bridgehead atoms. The minimum Gasteiger partial charge on any atom is -0.497 e. The van der Waals surface area contributed by atoms with Crippen molar-refractivity contribution in [3.63, 3.8) is 0 Å². The number of hydrogen-bond donors (Lipinski definition) is 0. The minimum atomic E-state index is -0.757. The first-order valence-electron chi connectivity index (χ1n) is 12.7. The van der Waals surface area contributed by atoms with Crippen LogP contribution in [0, 0.1) is 28.6 Å². The quantitative estimate of drug-likeness (QED) is 0.275. The number of methoxy groups -OCH3 is 1. The van der Waals surface area contributed by atoms with Gasteiger partial charge in [-0.05, 0) is 48.4 Å². The summed E-state index contributed by atoms with van der Waals surface area (Å²) >= 11 is 0. The van der Waals surface area contributed by atoms with Crippen molar-refractivity contribution >= 4 is 11.9 Å². The Morgan fingerprint density at radius 2 is 1.86 bits per heavy atom. The van der Waals surface area contributed by atoms with Crippen molar-refractivity contribution in [2.45, 2.75) is 56.8 Å². The molecule has 8 atom stereocenters. The highest BCUT2D eigenvalue weighted by molar-refractivity contribution is 5.91. The number of fused-ring (bicyclic) bond motifs is 3. The fraction of sp³-hybridized carbons (Fsp3) is 0.517. The highest BCUT2D eigenvalue weighted by Crippen LogP contribution is 2.80. The zero-order valence-electron chi connectivity index (χ0n) is 20.1. The molecule has 4 fully saturated rings. The van der Waals surface area contributed by atoms with Crippen molar-refractivity contribution in [3.8, 4) is 5.75 Å². The van der Waals surface area contributed by atoms with Gasteiger partial charge in [0.1, 0.15) is 11.9 Å². The number of carbonyl (C=O) groups excluding carboxylic acids is 2. The number of ether oxygens (including phenoxy) is 4. The summed E-state index contributed by atoms with van der Waals surface area (Å²) in [7, 11) is 1.67. The molecule has 2 saturated heterocycles. The number of carbonyl (C=O) groups is 2. The molecule has 0 N–H and O–H groups in total. The standard InChI is InChI=1S/C29H30O6/c1-27-12-3-4-13-28(27)14-15-29(27,17-8-10-18(32-2)11-9-17)23-22(28)25(31)35-26(23)33-16-20-19-6-5-7-21(19)34-24(20)30/h5,7-11,14-16,19,21-23,26H,3-4,6,12-13H2,1-2H3/b20-16+/t19-,21-,22+,23-,26-,27-,28-,29-/m0/s1. The molecule has 0 aromatic heterocycles. The molecule has 0 unspecified atom stereocenters. The zero-order valence-corrected chi connectivity index (χ0v) is 20.1. The summed E-state index contributed by atoms with van der Waals surface area (Å²) in [6, 6.07) is 8.25. The highest BCUT2D eigenvalue weighted by atomic mass is 16.7. The van der Waals surface area contributed by atoms with Crippen molar-refractivity contribution in [1.29, 1.82) is 0 Å². The van der Waals surface area contributed by atoms with Gasteiger partial charge >= 0.3 is 11.9 Å². The van der Waals surface area contributed by atoms with Crippen molar-refractivity contribution < 1.29 is 28.5 Å². The van der Waals surface area contributed by atoms with Crippen molar-refractivity contribution in [1.82, 2.24) is 0 Å². The summed E-state index contributed by atoms with van der Waals surface area (Å²) in [5.41, 5.74) is 0.910. The van der Waals surface area contributed by atoms with Crippen LogP contribution in [0.25, 0.3) is 0 Å². The van der Waals surface area contributed by atoms with Gasteiger partial charge in [0.05, 0.1) is 30.8 Å². The molecule has 0 spiro atoms. The van der Waals surface area contributed by atoms with Crippen LogP contribution in [-0.2, 0) is 29.2 Å². The summed E-state index contributed by atoms with van der Waals surface area (Å²) in [6.45, 7) is 2.36. The second kappa shape index (κ2) is 7.02. The Bertz CT molecular complexity index is 1200. The third kappa shape index (κ3) is 2.41. The van der Waals surface area contributed by atoms with E-state index in [0.29, 0.717) is 5.57 Å². The topological polar surface area (TPSA) is 71.1 Å². The largest absolute Gasteiger partial charge is 0.497 e. The average molecular weight is 475 g/mol. The molecular weight excluding hydrogens is 444 g/mol. The average Bonchev–Trinajstić information content (AvgIpc) is 3.62. The molecule has 2 saturated carbocycles. The molecule has 0 amide bonds. The number of benzene rings is 1. The van der Waals surface area contributed by atoms with Crippen molar-refractivity contribution in [2.75, 3.05) is 7.11 Å². The van der Waals surface area contributed by atoms with Gasteiger partial charge in [-0.2, -0.15) is 0 Å². The maximum absolute atomic E-state index is 13.5. The van der Waals surface area contributed by atoms with Gasteiger partial charge in [-0.1, -0.05) is 50.1 Å². The van der Waals surface area contributed by atoms with E-state index in [1.807, 2.05) is 24.3 Å². The summed E-state index contributed by atoms with van der Waals surface area (Å²) in [5, 5.41) is 0. The Balaban J connectivity index is 1.32. The Kier molecular flexibility index (Phi) is 4.27. The van der Waals surface area contributed by atoms with Crippen LogP contribution in [0.5, 0.6) is 5.75 Å². The van der Waals surface area contributed by atoms with Gasteiger partial charge in [-0.3, -0.25) is 4.79 Å². The summed E-state index contributed by atoms with van der Waals surface area (Å²) in [5.74, 6) is -0.187. The predicted molar refractivity (Wildman–Crippen MR) is 126 cm³/mol. The lowest BCUT2D eigenvalue weighted by Gasteiger charge is -2.51. The maximum Gasteiger partial charge on any atom is 0.338 e. The molecule has 2 aliphatic heterocycles. The molecule has 6 nitrogen and oxygen atoms in total.